The fourth-order valence-electron chi connectivity index (χ4n) is 7.02. The molecule has 6 atom stereocenters. The van der Waals surface area contributed by atoms with Crippen LogP contribution in [0.1, 0.15) is 18.4 Å². The van der Waals surface area contributed by atoms with Crippen LogP contribution >= 0.6 is 23.2 Å². The van der Waals surface area contributed by atoms with Crippen LogP contribution in [0.2, 0.25) is 0 Å². The van der Waals surface area contributed by atoms with Gasteiger partial charge in [0, 0.05) is 13.0 Å². The first-order valence-corrected chi connectivity index (χ1v) is 14.3. The van der Waals surface area contributed by atoms with Crippen molar-refractivity contribution in [3.63, 3.8) is 0 Å². The monoisotopic (exact) mass is 628 g/mol. The molecule has 12 heteroatoms. The molecule has 0 aromatic heterocycles. The second-order valence-electron chi connectivity index (χ2n) is 11.2. The molecule has 2 aliphatic heterocycles. The van der Waals surface area contributed by atoms with Crippen LogP contribution < -0.4 is 14.4 Å². The molecule has 0 radical (unpaired) electrons. The Hall–Kier alpha value is -3.89. The molecule has 0 unspecified atom stereocenters. The van der Waals surface area contributed by atoms with E-state index in [9.17, 15) is 28.7 Å². The van der Waals surface area contributed by atoms with E-state index < -0.39 is 51.1 Å². The molecule has 43 heavy (non-hydrogen) atoms. The molecule has 224 valence electrons. The van der Waals surface area contributed by atoms with Crippen molar-refractivity contribution in [1.82, 2.24) is 4.90 Å². The average Bonchev–Trinajstić information content (AvgIpc) is 3.30. The number of allylic oxidation sites excluding steroid dienone is 3. The van der Waals surface area contributed by atoms with Gasteiger partial charge in [0.15, 0.2) is 21.2 Å². The largest absolute Gasteiger partial charge is 0.502 e. The topological polar surface area (TPSA) is 113 Å². The van der Waals surface area contributed by atoms with E-state index in [0.29, 0.717) is 11.1 Å². The van der Waals surface area contributed by atoms with Crippen molar-refractivity contribution in [3.8, 4) is 17.2 Å². The molecule has 1 saturated carbocycles. The number of ether oxygens (including phenoxy) is 2. The second kappa shape index (κ2) is 10.1. The first-order chi connectivity index (χ1) is 20.4. The molecule has 6 rings (SSSR count). The van der Waals surface area contributed by atoms with Crippen LogP contribution in [0.15, 0.2) is 54.1 Å². The number of rotatable bonds is 5. The van der Waals surface area contributed by atoms with Gasteiger partial charge in [0.1, 0.15) is 5.82 Å². The molecular weight excluding hydrogens is 602 g/mol. The highest BCUT2D eigenvalue weighted by molar-refractivity contribution is 6.58. The van der Waals surface area contributed by atoms with E-state index in [-0.39, 0.29) is 47.6 Å². The van der Waals surface area contributed by atoms with Crippen LogP contribution in [0, 0.1) is 29.5 Å². The normalized spacial score (nSPS) is 31.7. The first-order valence-electron chi connectivity index (χ1n) is 13.6. The summed E-state index contributed by atoms with van der Waals surface area (Å²) in [6.07, 6.45) is 5.19. The minimum Gasteiger partial charge on any atom is -0.502 e. The maximum atomic E-state index is 14.2. The number of likely N-dealkylation sites (tertiary alicyclic amines) is 1. The number of anilines is 1. The number of phenols is 1. The van der Waals surface area contributed by atoms with Gasteiger partial charge in [-0.3, -0.25) is 24.1 Å². The summed E-state index contributed by atoms with van der Waals surface area (Å²) in [4.78, 5) is 52.5. The third-order valence-corrected chi connectivity index (χ3v) is 10.6. The third-order valence-electron chi connectivity index (χ3n) is 9.16. The number of halogens is 3. The molecule has 2 aromatic rings. The van der Waals surface area contributed by atoms with Crippen LogP contribution in [0.3, 0.4) is 0 Å². The predicted molar refractivity (Wildman–Crippen MR) is 155 cm³/mol. The quantitative estimate of drug-likeness (QED) is 0.299. The summed E-state index contributed by atoms with van der Waals surface area (Å²) < 4.78 is 24.3. The summed E-state index contributed by atoms with van der Waals surface area (Å²) in [6.45, 7) is 0. The molecular formula is C31H27Cl2FN2O7. The molecule has 0 spiro atoms. The lowest BCUT2D eigenvalue weighted by atomic mass is 9.57. The lowest BCUT2D eigenvalue weighted by Crippen LogP contribution is -2.60. The Bertz CT molecular complexity index is 1620. The lowest BCUT2D eigenvalue weighted by Gasteiger charge is -2.49. The van der Waals surface area contributed by atoms with Gasteiger partial charge in [0.2, 0.25) is 17.6 Å². The summed E-state index contributed by atoms with van der Waals surface area (Å²) in [5.74, 6) is -5.80. The van der Waals surface area contributed by atoms with Gasteiger partial charge in [-0.2, -0.15) is 0 Å². The number of carbonyl (C=O) groups is 4. The fraction of sp³-hybridized carbons (Fsp3) is 0.355. The van der Waals surface area contributed by atoms with E-state index in [2.05, 4.69) is 0 Å². The van der Waals surface area contributed by atoms with Crippen LogP contribution in [-0.4, -0.2) is 64.7 Å². The van der Waals surface area contributed by atoms with E-state index in [4.69, 9.17) is 32.7 Å². The number of phenolic OH excluding ortho intramolecular Hbond substituents is 1. The number of methoxy groups -OCH3 is 2. The molecule has 2 heterocycles. The Kier molecular flexibility index (Phi) is 6.85. The number of nitrogens with zero attached hydrogens (tertiary/aromatic N) is 2. The van der Waals surface area contributed by atoms with Gasteiger partial charge in [-0.1, -0.05) is 23.8 Å². The Balaban J connectivity index is 1.52. The van der Waals surface area contributed by atoms with Gasteiger partial charge < -0.3 is 14.6 Å². The zero-order valence-electron chi connectivity index (χ0n) is 23.3. The number of imide groups is 2. The van der Waals surface area contributed by atoms with E-state index in [1.165, 1.54) is 33.4 Å². The highest BCUT2D eigenvalue weighted by Gasteiger charge is 2.76. The number of benzene rings is 2. The Labute approximate surface area is 256 Å². The van der Waals surface area contributed by atoms with E-state index >= 15 is 0 Å². The van der Waals surface area contributed by atoms with Crippen LogP contribution in [-0.2, 0) is 19.2 Å². The van der Waals surface area contributed by atoms with Crippen LogP contribution in [0.25, 0.3) is 6.08 Å². The smallest absolute Gasteiger partial charge is 0.258 e. The van der Waals surface area contributed by atoms with Crippen molar-refractivity contribution in [3.05, 3.63) is 65.5 Å². The number of alkyl halides is 2. The van der Waals surface area contributed by atoms with E-state index in [0.717, 1.165) is 21.9 Å². The standard InChI is InChI=1S/C31H27Cl2FN2O7/c1-35-26(38)19-10-9-18-20(24(19)27(35)39)14-30(32)28(40)36(17-7-5-16(34)6-8-17)29(41)31(30,33)21(18)11-4-15-12-22(42-2)25(37)23(13-15)43-3/h4-9,11-13,19-21,24,37H,10,14H2,1-3H3/t19-,20+,21-,24-,30+,31-/m0/s1. The molecule has 4 amide bonds. The number of fused-ring (bicyclic) bond motifs is 4. The molecule has 2 aromatic carbocycles. The van der Waals surface area contributed by atoms with Gasteiger partial charge in [-0.15, -0.1) is 23.2 Å². The maximum Gasteiger partial charge on any atom is 0.258 e. The zero-order chi connectivity index (χ0) is 31.0. The highest BCUT2D eigenvalue weighted by Crippen LogP contribution is 2.63. The number of hydrogen-bond acceptors (Lipinski definition) is 7. The van der Waals surface area contributed by atoms with Crippen molar-refractivity contribution < 1.29 is 38.1 Å². The summed E-state index contributed by atoms with van der Waals surface area (Å²) in [5.41, 5.74) is 1.24. The van der Waals surface area contributed by atoms with Gasteiger partial charge in [0.05, 0.1) is 31.7 Å². The summed E-state index contributed by atoms with van der Waals surface area (Å²) in [7, 11) is 4.20. The minimum atomic E-state index is -2.03. The molecule has 9 nitrogen and oxygen atoms in total. The Morgan fingerprint density at radius 1 is 0.977 bits per heavy atom. The average molecular weight is 629 g/mol. The first kappa shape index (κ1) is 29.2. The van der Waals surface area contributed by atoms with Crippen molar-refractivity contribution >= 4 is 58.6 Å². The van der Waals surface area contributed by atoms with Gasteiger partial charge in [0.25, 0.3) is 11.8 Å². The van der Waals surface area contributed by atoms with Crippen molar-refractivity contribution in [2.75, 3.05) is 26.2 Å². The number of hydrogen-bond donors (Lipinski definition) is 1. The van der Waals surface area contributed by atoms with Crippen LogP contribution in [0.5, 0.6) is 17.2 Å². The molecule has 2 saturated heterocycles. The lowest BCUT2D eigenvalue weighted by molar-refractivity contribution is -0.138. The Morgan fingerprint density at radius 3 is 2.21 bits per heavy atom. The molecule has 2 aliphatic carbocycles. The number of carbonyl (C=O) groups excluding carboxylic acids is 4. The maximum absolute atomic E-state index is 14.2. The SMILES string of the molecule is COc1cc(C=C[C@H]2C3=CC[C@@H]4C(=O)N(C)C(=O)[C@@H]4[C@@H]3C[C@@]3(Cl)C(=O)N(c4ccc(F)cc4)C(=O)[C@@]23Cl)cc(OC)c1O. The highest BCUT2D eigenvalue weighted by atomic mass is 35.5. The predicted octanol–water partition coefficient (Wildman–Crippen LogP) is 4.29. The number of amides is 4. The van der Waals surface area contributed by atoms with E-state index in [1.807, 2.05) is 6.08 Å². The van der Waals surface area contributed by atoms with Crippen molar-refractivity contribution in [2.24, 2.45) is 23.7 Å². The zero-order valence-corrected chi connectivity index (χ0v) is 24.9. The molecule has 0 bridgehead atoms. The minimum absolute atomic E-state index is 0.100. The number of aromatic hydroxyl groups is 1. The molecule has 1 N–H and O–H groups in total. The van der Waals surface area contributed by atoms with Gasteiger partial charge in [-0.05, 0) is 60.7 Å². The van der Waals surface area contributed by atoms with Crippen molar-refractivity contribution in [2.45, 2.75) is 22.6 Å². The van der Waals surface area contributed by atoms with Gasteiger partial charge in [-0.25, -0.2) is 9.29 Å². The van der Waals surface area contributed by atoms with E-state index in [1.54, 1.807) is 24.3 Å². The summed E-state index contributed by atoms with van der Waals surface area (Å²) >= 11 is 14.5. The Morgan fingerprint density at radius 2 is 1.60 bits per heavy atom. The van der Waals surface area contributed by atoms with Crippen molar-refractivity contribution in [1.29, 1.82) is 0 Å². The fourth-order valence-corrected chi connectivity index (χ4v) is 7.91. The second-order valence-corrected chi connectivity index (χ2v) is 12.4. The summed E-state index contributed by atoms with van der Waals surface area (Å²) in [6, 6.07) is 7.92. The molecule has 3 fully saturated rings. The summed E-state index contributed by atoms with van der Waals surface area (Å²) in [5, 5.41) is 10.4. The third kappa shape index (κ3) is 3.95. The van der Waals surface area contributed by atoms with Gasteiger partial charge >= 0.3 is 0 Å². The van der Waals surface area contributed by atoms with Crippen LogP contribution in [0.4, 0.5) is 10.1 Å². The molecule has 4 aliphatic rings.